The summed E-state index contributed by atoms with van der Waals surface area (Å²) in [6.45, 7) is 5.50. The van der Waals surface area contributed by atoms with Crippen LogP contribution in [0.1, 0.15) is 23.7 Å². The summed E-state index contributed by atoms with van der Waals surface area (Å²) < 4.78 is 0. The van der Waals surface area contributed by atoms with Gasteiger partial charge in [0, 0.05) is 11.6 Å². The number of nitrogens with one attached hydrogen (secondary N) is 1. The second kappa shape index (κ2) is 5.94. The van der Waals surface area contributed by atoms with E-state index < -0.39 is 0 Å². The summed E-state index contributed by atoms with van der Waals surface area (Å²) in [4.78, 5) is 11.8. The lowest BCUT2D eigenvalue weighted by Crippen LogP contribution is -2.32. The molecule has 92 valence electrons. The first-order valence-corrected chi connectivity index (χ1v) is 5.87. The van der Waals surface area contributed by atoms with E-state index in [0.29, 0.717) is 17.7 Å². The van der Waals surface area contributed by atoms with Crippen LogP contribution >= 0.6 is 23.2 Å². The third-order valence-electron chi connectivity index (χ3n) is 2.22. The van der Waals surface area contributed by atoms with Gasteiger partial charge in [-0.15, -0.1) is 6.58 Å². The molecular weight excluding hydrogens is 259 g/mol. The van der Waals surface area contributed by atoms with Gasteiger partial charge in [0.2, 0.25) is 0 Å². The number of amides is 1. The number of hydrogen-bond donors (Lipinski definition) is 2. The average molecular weight is 273 g/mol. The van der Waals surface area contributed by atoms with E-state index in [1.165, 1.54) is 12.1 Å². The van der Waals surface area contributed by atoms with Gasteiger partial charge < -0.3 is 11.1 Å². The van der Waals surface area contributed by atoms with Crippen LogP contribution in [-0.4, -0.2) is 11.9 Å². The summed E-state index contributed by atoms with van der Waals surface area (Å²) in [5.74, 6) is -0.232. The van der Waals surface area contributed by atoms with Gasteiger partial charge in [-0.25, -0.2) is 0 Å². The fourth-order valence-corrected chi connectivity index (χ4v) is 1.69. The van der Waals surface area contributed by atoms with E-state index in [-0.39, 0.29) is 22.0 Å². The Morgan fingerprint density at radius 2 is 2.24 bits per heavy atom. The number of carbonyl (C=O) groups is 1. The van der Waals surface area contributed by atoms with Crippen LogP contribution in [-0.2, 0) is 0 Å². The standard InChI is InChI=1S/C12H14Cl2N2O/c1-3-4-7(2)16-12(17)8-5-9(13)11(14)10(15)6-8/h3,5-7H,1,4,15H2,2H3,(H,16,17). The highest BCUT2D eigenvalue weighted by atomic mass is 35.5. The van der Waals surface area contributed by atoms with E-state index in [0.717, 1.165) is 0 Å². The van der Waals surface area contributed by atoms with Crippen LogP contribution in [0.25, 0.3) is 0 Å². The van der Waals surface area contributed by atoms with Crippen molar-refractivity contribution in [3.05, 3.63) is 40.4 Å². The highest BCUT2D eigenvalue weighted by Gasteiger charge is 2.12. The molecule has 1 aromatic carbocycles. The molecule has 0 fully saturated rings. The molecule has 0 aliphatic carbocycles. The number of rotatable bonds is 4. The molecule has 3 N–H and O–H groups in total. The van der Waals surface area contributed by atoms with Gasteiger partial charge >= 0.3 is 0 Å². The third-order valence-corrected chi connectivity index (χ3v) is 3.03. The minimum atomic E-state index is -0.232. The highest BCUT2D eigenvalue weighted by molar-refractivity contribution is 6.43. The number of halogens is 2. The molecular formula is C12H14Cl2N2O. The number of nitrogen functional groups attached to an aromatic ring is 1. The maximum Gasteiger partial charge on any atom is 0.251 e. The summed E-state index contributed by atoms with van der Waals surface area (Å²) in [6, 6.07) is 3.01. The van der Waals surface area contributed by atoms with E-state index in [1.807, 2.05) is 6.92 Å². The molecule has 0 spiro atoms. The first-order chi connectivity index (χ1) is 7.95. The van der Waals surface area contributed by atoms with Crippen LogP contribution < -0.4 is 11.1 Å². The van der Waals surface area contributed by atoms with Gasteiger partial charge in [-0.2, -0.15) is 0 Å². The van der Waals surface area contributed by atoms with Crippen LogP contribution in [0, 0.1) is 0 Å². The quantitative estimate of drug-likeness (QED) is 0.653. The lowest BCUT2D eigenvalue weighted by molar-refractivity contribution is 0.0940. The third kappa shape index (κ3) is 3.65. The van der Waals surface area contributed by atoms with E-state index in [1.54, 1.807) is 6.08 Å². The zero-order valence-electron chi connectivity index (χ0n) is 9.47. The SMILES string of the molecule is C=CCC(C)NC(=O)c1cc(N)c(Cl)c(Cl)c1. The Kier molecular flexibility index (Phi) is 4.85. The van der Waals surface area contributed by atoms with Gasteiger partial charge in [-0.1, -0.05) is 29.3 Å². The molecule has 0 radical (unpaired) electrons. The molecule has 0 aromatic heterocycles. The second-order valence-corrected chi connectivity index (χ2v) is 4.55. The van der Waals surface area contributed by atoms with Crippen molar-refractivity contribution in [1.82, 2.24) is 5.32 Å². The number of nitrogens with two attached hydrogens (primary N) is 1. The van der Waals surface area contributed by atoms with Crippen LogP contribution in [0.5, 0.6) is 0 Å². The Labute approximate surface area is 111 Å². The van der Waals surface area contributed by atoms with Crippen molar-refractivity contribution in [1.29, 1.82) is 0 Å². The van der Waals surface area contributed by atoms with E-state index in [2.05, 4.69) is 11.9 Å². The smallest absolute Gasteiger partial charge is 0.251 e. The Bertz CT molecular complexity index is 423. The van der Waals surface area contributed by atoms with Crippen molar-refractivity contribution >= 4 is 34.8 Å². The lowest BCUT2D eigenvalue weighted by atomic mass is 10.1. The summed E-state index contributed by atoms with van der Waals surface area (Å²) in [5, 5.41) is 3.34. The Hall–Kier alpha value is -1.19. The van der Waals surface area contributed by atoms with Crippen LogP contribution in [0.15, 0.2) is 24.8 Å². The normalized spacial score (nSPS) is 11.9. The molecule has 0 heterocycles. The molecule has 1 unspecified atom stereocenters. The first kappa shape index (κ1) is 13.9. The first-order valence-electron chi connectivity index (χ1n) is 5.12. The predicted molar refractivity (Wildman–Crippen MR) is 72.6 cm³/mol. The van der Waals surface area contributed by atoms with E-state index >= 15 is 0 Å². The van der Waals surface area contributed by atoms with Crippen molar-refractivity contribution < 1.29 is 4.79 Å². The van der Waals surface area contributed by atoms with Gasteiger partial charge in [-0.3, -0.25) is 4.79 Å². The monoisotopic (exact) mass is 272 g/mol. The maximum atomic E-state index is 11.8. The van der Waals surface area contributed by atoms with Crippen molar-refractivity contribution in [2.45, 2.75) is 19.4 Å². The molecule has 1 aromatic rings. The van der Waals surface area contributed by atoms with Gasteiger partial charge in [0.25, 0.3) is 5.91 Å². The molecule has 5 heteroatoms. The van der Waals surface area contributed by atoms with Gasteiger partial charge in [0.05, 0.1) is 15.7 Å². The number of carbonyl (C=O) groups excluding carboxylic acids is 1. The molecule has 0 bridgehead atoms. The molecule has 0 saturated heterocycles. The van der Waals surface area contributed by atoms with Crippen molar-refractivity contribution in [3.63, 3.8) is 0 Å². The maximum absolute atomic E-state index is 11.8. The van der Waals surface area contributed by atoms with Gasteiger partial charge in [0.15, 0.2) is 0 Å². The molecule has 0 saturated carbocycles. The predicted octanol–water partition coefficient (Wildman–Crippen LogP) is 3.27. The molecule has 0 aliphatic heterocycles. The number of anilines is 1. The van der Waals surface area contributed by atoms with Crippen molar-refractivity contribution in [3.8, 4) is 0 Å². The average Bonchev–Trinajstić information content (AvgIpc) is 2.25. The fourth-order valence-electron chi connectivity index (χ4n) is 1.36. The number of hydrogen-bond acceptors (Lipinski definition) is 2. The topological polar surface area (TPSA) is 55.1 Å². The van der Waals surface area contributed by atoms with Crippen LogP contribution in [0.2, 0.25) is 10.0 Å². The second-order valence-electron chi connectivity index (χ2n) is 3.76. The number of benzene rings is 1. The Morgan fingerprint density at radius 1 is 1.59 bits per heavy atom. The lowest BCUT2D eigenvalue weighted by Gasteiger charge is -2.12. The van der Waals surface area contributed by atoms with Crippen molar-refractivity contribution in [2.75, 3.05) is 5.73 Å². The highest BCUT2D eigenvalue weighted by Crippen LogP contribution is 2.29. The van der Waals surface area contributed by atoms with Gasteiger partial charge in [-0.05, 0) is 25.5 Å². The van der Waals surface area contributed by atoms with Crippen LogP contribution in [0.3, 0.4) is 0 Å². The van der Waals surface area contributed by atoms with Gasteiger partial charge in [0.1, 0.15) is 0 Å². The summed E-state index contributed by atoms with van der Waals surface area (Å²) in [7, 11) is 0. The summed E-state index contributed by atoms with van der Waals surface area (Å²) in [5.41, 5.74) is 6.32. The van der Waals surface area contributed by atoms with E-state index in [4.69, 9.17) is 28.9 Å². The molecule has 1 atom stereocenters. The fraction of sp³-hybridized carbons (Fsp3) is 0.250. The van der Waals surface area contributed by atoms with Crippen LogP contribution in [0.4, 0.5) is 5.69 Å². The van der Waals surface area contributed by atoms with Crippen molar-refractivity contribution in [2.24, 2.45) is 0 Å². The van der Waals surface area contributed by atoms with E-state index in [9.17, 15) is 4.79 Å². The Balaban J connectivity index is 2.86. The minimum absolute atomic E-state index is 0.00989. The molecule has 17 heavy (non-hydrogen) atoms. The minimum Gasteiger partial charge on any atom is -0.397 e. The zero-order valence-corrected chi connectivity index (χ0v) is 11.0. The summed E-state index contributed by atoms with van der Waals surface area (Å²) >= 11 is 11.7. The molecule has 0 aliphatic rings. The molecule has 1 amide bonds. The largest absolute Gasteiger partial charge is 0.397 e. The Morgan fingerprint density at radius 3 is 2.76 bits per heavy atom. The summed E-state index contributed by atoms with van der Waals surface area (Å²) in [6.07, 6.45) is 2.44. The molecule has 1 rings (SSSR count). The molecule has 3 nitrogen and oxygen atoms in total. The zero-order chi connectivity index (χ0) is 13.0.